The van der Waals surface area contributed by atoms with Crippen molar-refractivity contribution < 1.29 is 0 Å². The van der Waals surface area contributed by atoms with E-state index in [0.717, 1.165) is 17.0 Å². The third kappa shape index (κ3) is 3.03. The largest absolute Gasteiger partial charge is 0.313 e. The molecule has 0 aliphatic heterocycles. The Bertz CT molecular complexity index is 783. The molecule has 0 saturated heterocycles. The van der Waals surface area contributed by atoms with Crippen molar-refractivity contribution >= 4 is 17.0 Å². The Morgan fingerprint density at radius 1 is 1.00 bits per heavy atom. The first-order valence-electron chi connectivity index (χ1n) is 6.83. The summed E-state index contributed by atoms with van der Waals surface area (Å²) in [6.45, 7) is 4.61. The van der Waals surface area contributed by atoms with Gasteiger partial charge in [0.2, 0.25) is 0 Å². The van der Waals surface area contributed by atoms with Crippen LogP contribution in [-0.4, -0.2) is 4.57 Å². The van der Waals surface area contributed by atoms with Gasteiger partial charge in [0.05, 0.1) is 11.4 Å². The maximum Gasteiger partial charge on any atom is 0.190 e. The third-order valence-electron chi connectivity index (χ3n) is 3.16. The lowest BCUT2D eigenvalue weighted by molar-refractivity contribution is 0.800. The fourth-order valence-corrected chi connectivity index (χ4v) is 3.12. The van der Waals surface area contributed by atoms with Crippen LogP contribution in [0.4, 0.5) is 5.69 Å². The van der Waals surface area contributed by atoms with Gasteiger partial charge in [0.15, 0.2) is 4.80 Å². The quantitative estimate of drug-likeness (QED) is 0.624. The summed E-state index contributed by atoms with van der Waals surface area (Å²) in [5.41, 5.74) is 3.34. The first-order chi connectivity index (χ1) is 10.4. The van der Waals surface area contributed by atoms with E-state index in [2.05, 4.69) is 40.8 Å². The third-order valence-corrected chi connectivity index (χ3v) is 4.02. The summed E-state index contributed by atoms with van der Waals surface area (Å²) >= 11 is 1.65. The van der Waals surface area contributed by atoms with Crippen molar-refractivity contribution in [1.82, 2.24) is 4.57 Å². The van der Waals surface area contributed by atoms with Gasteiger partial charge in [-0.05, 0) is 17.7 Å². The van der Waals surface area contributed by atoms with Crippen LogP contribution in [-0.2, 0) is 6.54 Å². The molecule has 2 nitrogen and oxygen atoms in total. The van der Waals surface area contributed by atoms with Gasteiger partial charge in [-0.15, -0.1) is 17.9 Å². The van der Waals surface area contributed by atoms with Crippen LogP contribution in [0.3, 0.4) is 0 Å². The molecule has 0 spiro atoms. The highest BCUT2D eigenvalue weighted by Gasteiger charge is 2.06. The van der Waals surface area contributed by atoms with Crippen LogP contribution >= 0.6 is 11.3 Å². The molecule has 3 rings (SSSR count). The van der Waals surface area contributed by atoms with Crippen LogP contribution in [0.2, 0.25) is 0 Å². The summed E-state index contributed by atoms with van der Waals surface area (Å²) in [7, 11) is 0. The predicted octanol–water partition coefficient (Wildman–Crippen LogP) is 4.64. The molecule has 0 atom stereocenters. The Kier molecular flexibility index (Phi) is 4.12. The van der Waals surface area contributed by atoms with E-state index in [9.17, 15) is 0 Å². The van der Waals surface area contributed by atoms with Crippen LogP contribution in [0.15, 0.2) is 83.7 Å². The van der Waals surface area contributed by atoms with Crippen LogP contribution in [0, 0.1) is 0 Å². The zero-order valence-electron chi connectivity index (χ0n) is 11.6. The lowest BCUT2D eigenvalue weighted by Crippen LogP contribution is -2.14. The average Bonchev–Trinajstić information content (AvgIpc) is 2.92. The standard InChI is InChI=1S/C18H16N2S/c1-2-13-20-17(15-9-5-3-6-10-15)14-21-18(20)19-16-11-7-4-8-12-16/h2-12,14H,1,13H2. The minimum atomic E-state index is 0.749. The topological polar surface area (TPSA) is 17.3 Å². The molecule has 0 aliphatic carbocycles. The van der Waals surface area contributed by atoms with E-state index < -0.39 is 0 Å². The van der Waals surface area contributed by atoms with E-state index in [4.69, 9.17) is 4.99 Å². The van der Waals surface area contributed by atoms with Crippen molar-refractivity contribution in [1.29, 1.82) is 0 Å². The number of hydrogen-bond acceptors (Lipinski definition) is 2. The van der Waals surface area contributed by atoms with Crippen molar-refractivity contribution in [3.8, 4) is 11.3 Å². The van der Waals surface area contributed by atoms with Crippen molar-refractivity contribution in [3.63, 3.8) is 0 Å². The van der Waals surface area contributed by atoms with Crippen LogP contribution in [0.5, 0.6) is 0 Å². The Morgan fingerprint density at radius 3 is 2.33 bits per heavy atom. The fraction of sp³-hybridized carbons (Fsp3) is 0.0556. The zero-order chi connectivity index (χ0) is 14.5. The Hall–Kier alpha value is -2.39. The number of rotatable bonds is 4. The molecule has 0 fully saturated rings. The maximum absolute atomic E-state index is 4.74. The van der Waals surface area contributed by atoms with Gasteiger partial charge in [-0.1, -0.05) is 54.6 Å². The lowest BCUT2D eigenvalue weighted by atomic mass is 10.2. The number of benzene rings is 2. The Balaban J connectivity index is 2.13. The molecule has 0 unspecified atom stereocenters. The molecular weight excluding hydrogens is 276 g/mol. The number of hydrogen-bond donors (Lipinski definition) is 0. The molecule has 0 saturated carbocycles. The summed E-state index contributed by atoms with van der Waals surface area (Å²) in [6.07, 6.45) is 1.91. The van der Waals surface area contributed by atoms with Crippen molar-refractivity contribution in [3.05, 3.63) is 83.5 Å². The lowest BCUT2D eigenvalue weighted by Gasteiger charge is -2.06. The van der Waals surface area contributed by atoms with Crippen LogP contribution in [0.25, 0.3) is 11.3 Å². The molecule has 21 heavy (non-hydrogen) atoms. The van der Waals surface area contributed by atoms with Crippen molar-refractivity contribution in [2.75, 3.05) is 0 Å². The van der Waals surface area contributed by atoms with Gasteiger partial charge < -0.3 is 4.57 Å². The summed E-state index contributed by atoms with van der Waals surface area (Å²) < 4.78 is 2.19. The fourth-order valence-electron chi connectivity index (χ4n) is 2.18. The number of thiazole rings is 1. The molecule has 1 heterocycles. The number of para-hydroxylation sites is 1. The Morgan fingerprint density at radius 2 is 1.67 bits per heavy atom. The smallest absolute Gasteiger partial charge is 0.190 e. The molecule has 1 aromatic heterocycles. The predicted molar refractivity (Wildman–Crippen MR) is 89.6 cm³/mol. The molecule has 2 aromatic carbocycles. The maximum atomic E-state index is 4.74. The first-order valence-corrected chi connectivity index (χ1v) is 7.71. The van der Waals surface area contributed by atoms with Crippen LogP contribution < -0.4 is 4.80 Å². The highest BCUT2D eigenvalue weighted by Crippen LogP contribution is 2.20. The van der Waals surface area contributed by atoms with Gasteiger partial charge >= 0.3 is 0 Å². The van der Waals surface area contributed by atoms with Gasteiger partial charge in [0.1, 0.15) is 0 Å². The second-order valence-electron chi connectivity index (χ2n) is 4.62. The summed E-state index contributed by atoms with van der Waals surface area (Å²) in [6, 6.07) is 20.4. The van der Waals surface area contributed by atoms with E-state index in [1.165, 1.54) is 11.3 Å². The van der Waals surface area contributed by atoms with E-state index in [1.807, 2.05) is 42.5 Å². The number of aromatic nitrogens is 1. The molecule has 0 N–H and O–H groups in total. The molecule has 104 valence electrons. The van der Waals surface area contributed by atoms with Crippen molar-refractivity contribution in [2.45, 2.75) is 6.54 Å². The second-order valence-corrected chi connectivity index (χ2v) is 5.45. The minimum Gasteiger partial charge on any atom is -0.313 e. The van der Waals surface area contributed by atoms with Gasteiger partial charge in [0, 0.05) is 11.9 Å². The minimum absolute atomic E-state index is 0.749. The van der Waals surface area contributed by atoms with Crippen LogP contribution in [0.1, 0.15) is 0 Å². The Labute approximate surface area is 128 Å². The molecule has 0 amide bonds. The second kappa shape index (κ2) is 6.37. The summed E-state index contributed by atoms with van der Waals surface area (Å²) in [5, 5.41) is 2.15. The molecule has 0 bridgehead atoms. The van der Waals surface area contributed by atoms with E-state index >= 15 is 0 Å². The first kappa shape index (κ1) is 13.6. The molecule has 3 aromatic rings. The molecule has 3 heteroatoms. The highest BCUT2D eigenvalue weighted by atomic mass is 32.1. The van der Waals surface area contributed by atoms with E-state index in [0.29, 0.717) is 0 Å². The van der Waals surface area contributed by atoms with Crippen molar-refractivity contribution in [2.24, 2.45) is 4.99 Å². The molecular formula is C18H16N2S. The van der Waals surface area contributed by atoms with Gasteiger partial charge in [0.25, 0.3) is 0 Å². The SMILES string of the molecule is C=CCn1c(-c2ccccc2)csc1=Nc1ccccc1. The van der Waals surface area contributed by atoms with E-state index in [-0.39, 0.29) is 0 Å². The van der Waals surface area contributed by atoms with E-state index in [1.54, 1.807) is 11.3 Å². The number of allylic oxidation sites excluding steroid dienone is 1. The van der Waals surface area contributed by atoms with Gasteiger partial charge in [-0.3, -0.25) is 0 Å². The summed E-state index contributed by atoms with van der Waals surface area (Å²) in [5.74, 6) is 0. The van der Waals surface area contributed by atoms with Gasteiger partial charge in [-0.25, -0.2) is 4.99 Å². The molecule has 0 radical (unpaired) electrons. The van der Waals surface area contributed by atoms with Gasteiger partial charge in [-0.2, -0.15) is 0 Å². The zero-order valence-corrected chi connectivity index (χ0v) is 12.5. The highest BCUT2D eigenvalue weighted by molar-refractivity contribution is 7.07. The monoisotopic (exact) mass is 292 g/mol. The summed E-state index contributed by atoms with van der Waals surface area (Å²) in [4.78, 5) is 5.73. The molecule has 0 aliphatic rings. The number of nitrogens with zero attached hydrogens (tertiary/aromatic N) is 2. The average molecular weight is 292 g/mol. The normalized spacial score (nSPS) is 11.5.